The van der Waals surface area contributed by atoms with Gasteiger partial charge in [0.15, 0.2) is 0 Å². The molecule has 2 aromatic rings. The molecule has 0 radical (unpaired) electrons. The summed E-state index contributed by atoms with van der Waals surface area (Å²) in [6, 6.07) is 8.66. The molecule has 0 amide bonds. The first-order valence-corrected chi connectivity index (χ1v) is 7.92. The minimum atomic E-state index is 0.314. The van der Waals surface area contributed by atoms with Crippen LogP contribution in [0.15, 0.2) is 30.5 Å². The summed E-state index contributed by atoms with van der Waals surface area (Å²) >= 11 is 1.77. The van der Waals surface area contributed by atoms with E-state index in [0.717, 1.165) is 12.2 Å². The van der Waals surface area contributed by atoms with E-state index in [2.05, 4.69) is 36.3 Å². The van der Waals surface area contributed by atoms with Crippen LogP contribution in [-0.4, -0.2) is 11.5 Å². The first kappa shape index (κ1) is 13.6. The van der Waals surface area contributed by atoms with Crippen molar-refractivity contribution < 1.29 is 0 Å². The Kier molecular flexibility index (Phi) is 3.52. The summed E-state index contributed by atoms with van der Waals surface area (Å²) in [7, 11) is 0. The molecule has 0 bridgehead atoms. The van der Waals surface area contributed by atoms with E-state index in [9.17, 15) is 0 Å². The zero-order valence-corrected chi connectivity index (χ0v) is 12.8. The Morgan fingerprint density at radius 2 is 2.05 bits per heavy atom. The first-order chi connectivity index (χ1) is 9.59. The van der Waals surface area contributed by atoms with Crippen molar-refractivity contribution in [3.63, 3.8) is 0 Å². The van der Waals surface area contributed by atoms with Gasteiger partial charge in [-0.3, -0.25) is 0 Å². The van der Waals surface area contributed by atoms with Gasteiger partial charge in [-0.2, -0.15) is 0 Å². The highest BCUT2D eigenvalue weighted by Gasteiger charge is 2.44. The summed E-state index contributed by atoms with van der Waals surface area (Å²) in [5, 5.41) is 4.82. The van der Waals surface area contributed by atoms with Crippen LogP contribution in [0.5, 0.6) is 0 Å². The number of benzene rings is 1. The Balaban J connectivity index is 1.64. The lowest BCUT2D eigenvalue weighted by atomic mass is 9.95. The Bertz CT molecular complexity index is 584. The van der Waals surface area contributed by atoms with Crippen LogP contribution in [0.2, 0.25) is 0 Å². The Hall–Kier alpha value is -1.39. The van der Waals surface area contributed by atoms with E-state index < -0.39 is 0 Å². The number of nitrogens with one attached hydrogen (secondary N) is 1. The van der Waals surface area contributed by atoms with Gasteiger partial charge >= 0.3 is 0 Å². The largest absolute Gasteiger partial charge is 0.399 e. The summed E-state index contributed by atoms with van der Waals surface area (Å²) in [6.07, 6.45) is 4.46. The third-order valence-electron chi connectivity index (χ3n) is 4.13. The van der Waals surface area contributed by atoms with Crippen molar-refractivity contribution in [2.75, 3.05) is 12.3 Å². The van der Waals surface area contributed by atoms with E-state index in [1.807, 2.05) is 18.3 Å². The molecule has 20 heavy (non-hydrogen) atoms. The van der Waals surface area contributed by atoms with Crippen LogP contribution in [0.1, 0.15) is 41.3 Å². The maximum absolute atomic E-state index is 5.77. The van der Waals surface area contributed by atoms with E-state index in [1.54, 1.807) is 11.3 Å². The molecule has 1 fully saturated rings. The summed E-state index contributed by atoms with van der Waals surface area (Å²) in [5.41, 5.74) is 8.32. The predicted molar refractivity (Wildman–Crippen MR) is 85.0 cm³/mol. The fourth-order valence-electron chi connectivity index (χ4n) is 2.56. The van der Waals surface area contributed by atoms with Crippen LogP contribution in [-0.2, 0) is 5.41 Å². The smallest absolute Gasteiger partial charge is 0.109 e. The average molecular weight is 287 g/mol. The maximum Gasteiger partial charge on any atom is 0.109 e. The molecule has 1 saturated carbocycles. The van der Waals surface area contributed by atoms with E-state index in [1.165, 1.54) is 28.3 Å². The number of anilines is 1. The molecule has 0 saturated heterocycles. The summed E-state index contributed by atoms with van der Waals surface area (Å²) < 4.78 is 0. The van der Waals surface area contributed by atoms with Gasteiger partial charge in [-0.1, -0.05) is 12.1 Å². The van der Waals surface area contributed by atoms with Gasteiger partial charge in [-0.05, 0) is 44.4 Å². The normalized spacial score (nSPS) is 17.9. The second-order valence-electron chi connectivity index (χ2n) is 5.81. The molecule has 3 N–H and O–H groups in total. The number of aromatic nitrogens is 1. The number of hydrogen-bond acceptors (Lipinski definition) is 4. The lowest BCUT2D eigenvalue weighted by Gasteiger charge is -2.19. The Morgan fingerprint density at radius 1 is 1.35 bits per heavy atom. The van der Waals surface area contributed by atoms with E-state index in [4.69, 9.17) is 5.73 Å². The number of hydrogen-bond donors (Lipinski definition) is 2. The molecular formula is C16H21N3S. The minimum absolute atomic E-state index is 0.314. The van der Waals surface area contributed by atoms with Gasteiger partial charge in [0, 0.05) is 28.7 Å². The van der Waals surface area contributed by atoms with Crippen LogP contribution in [0.25, 0.3) is 0 Å². The van der Waals surface area contributed by atoms with Crippen molar-refractivity contribution in [1.82, 2.24) is 10.3 Å². The van der Waals surface area contributed by atoms with Crippen LogP contribution in [0, 0.1) is 6.92 Å². The average Bonchev–Trinajstić information content (AvgIpc) is 3.11. The van der Waals surface area contributed by atoms with Crippen LogP contribution in [0.3, 0.4) is 0 Å². The van der Waals surface area contributed by atoms with Crippen molar-refractivity contribution in [2.24, 2.45) is 0 Å². The molecule has 1 heterocycles. The molecule has 0 aliphatic heterocycles. The molecule has 106 valence electrons. The molecule has 1 aromatic carbocycles. The second kappa shape index (κ2) is 5.19. The van der Waals surface area contributed by atoms with Gasteiger partial charge in [-0.25, -0.2) is 4.98 Å². The molecule has 1 aliphatic carbocycles. The van der Waals surface area contributed by atoms with Crippen LogP contribution < -0.4 is 11.1 Å². The van der Waals surface area contributed by atoms with Gasteiger partial charge in [0.2, 0.25) is 0 Å². The highest BCUT2D eigenvalue weighted by atomic mass is 32.1. The number of nitrogen functional groups attached to an aromatic ring is 1. The van der Waals surface area contributed by atoms with Crippen LogP contribution >= 0.6 is 11.3 Å². The maximum atomic E-state index is 5.77. The molecular weight excluding hydrogens is 266 g/mol. The highest BCUT2D eigenvalue weighted by Crippen LogP contribution is 2.48. The molecule has 1 atom stereocenters. The topological polar surface area (TPSA) is 50.9 Å². The number of nitrogens with zero attached hydrogens (tertiary/aromatic N) is 1. The third-order valence-corrected chi connectivity index (χ3v) is 5.23. The zero-order valence-electron chi connectivity index (χ0n) is 12.0. The molecule has 1 aromatic heterocycles. The van der Waals surface area contributed by atoms with Crippen molar-refractivity contribution >= 4 is 17.0 Å². The van der Waals surface area contributed by atoms with Crippen LogP contribution in [0.4, 0.5) is 5.69 Å². The van der Waals surface area contributed by atoms with Crippen molar-refractivity contribution in [3.8, 4) is 0 Å². The van der Waals surface area contributed by atoms with Gasteiger partial charge in [0.25, 0.3) is 0 Å². The van der Waals surface area contributed by atoms with Gasteiger partial charge in [0.1, 0.15) is 5.01 Å². The highest BCUT2D eigenvalue weighted by molar-refractivity contribution is 7.11. The summed E-state index contributed by atoms with van der Waals surface area (Å²) in [4.78, 5) is 5.73. The van der Waals surface area contributed by atoms with E-state index in [0.29, 0.717) is 11.5 Å². The quantitative estimate of drug-likeness (QED) is 0.829. The molecule has 3 rings (SSSR count). The Labute approximate surface area is 124 Å². The minimum Gasteiger partial charge on any atom is -0.399 e. The van der Waals surface area contributed by atoms with Crippen molar-refractivity contribution in [1.29, 1.82) is 0 Å². The van der Waals surface area contributed by atoms with Crippen molar-refractivity contribution in [2.45, 2.75) is 38.1 Å². The zero-order chi connectivity index (χ0) is 14.2. The monoisotopic (exact) mass is 287 g/mol. The fraction of sp³-hybridized carbons (Fsp3) is 0.438. The summed E-state index contributed by atoms with van der Waals surface area (Å²) in [5.74, 6) is 0. The van der Waals surface area contributed by atoms with E-state index >= 15 is 0 Å². The van der Waals surface area contributed by atoms with Gasteiger partial charge in [0.05, 0.1) is 6.04 Å². The first-order valence-electron chi connectivity index (χ1n) is 7.11. The standard InChI is InChI=1S/C16H21N3S/c1-11-9-18-15(20-11)12(2)19-10-16(7-8-16)13-3-5-14(17)6-4-13/h3-6,9,12,19H,7-8,10,17H2,1-2H3. The number of rotatable bonds is 5. The molecule has 4 heteroatoms. The van der Waals surface area contributed by atoms with E-state index in [-0.39, 0.29) is 0 Å². The fourth-order valence-corrected chi connectivity index (χ4v) is 3.36. The number of aryl methyl sites for hydroxylation is 1. The number of nitrogens with two attached hydrogens (primary N) is 1. The lowest BCUT2D eigenvalue weighted by Crippen LogP contribution is -2.29. The SMILES string of the molecule is Cc1cnc(C(C)NCC2(c3ccc(N)cc3)CC2)s1. The lowest BCUT2D eigenvalue weighted by molar-refractivity contribution is 0.509. The number of thiazole rings is 1. The molecule has 1 aliphatic rings. The Morgan fingerprint density at radius 3 is 2.60 bits per heavy atom. The molecule has 1 unspecified atom stereocenters. The van der Waals surface area contributed by atoms with Gasteiger partial charge in [-0.15, -0.1) is 11.3 Å². The van der Waals surface area contributed by atoms with Gasteiger partial charge < -0.3 is 11.1 Å². The molecule has 0 spiro atoms. The second-order valence-corrected chi connectivity index (χ2v) is 7.08. The third kappa shape index (κ3) is 2.72. The summed E-state index contributed by atoms with van der Waals surface area (Å²) in [6.45, 7) is 5.30. The van der Waals surface area contributed by atoms with Crippen molar-refractivity contribution in [3.05, 3.63) is 45.9 Å². The molecule has 3 nitrogen and oxygen atoms in total. The predicted octanol–water partition coefficient (Wildman–Crippen LogP) is 3.42.